The molecule has 16 rings (SSSR count). The summed E-state index contributed by atoms with van der Waals surface area (Å²) in [5.74, 6) is 6.84. The molecule has 0 amide bonds. The second-order valence-electron chi connectivity index (χ2n) is 35.1. The quantitative estimate of drug-likeness (QED) is 0.0713. The average Bonchev–Trinajstić information content (AvgIpc) is 0.804. The predicted octanol–water partition coefficient (Wildman–Crippen LogP) is 32.7. The molecule has 16 aromatic rings. The summed E-state index contributed by atoms with van der Waals surface area (Å²) in [6.07, 6.45) is 0. The van der Waals surface area contributed by atoms with Crippen LogP contribution in [0.15, 0.2) is 471 Å². The Kier molecular flexibility index (Phi) is 30.1. The first-order valence-electron chi connectivity index (χ1n) is 42.6. The van der Waals surface area contributed by atoms with Crippen LogP contribution in [0.25, 0.3) is 0 Å². The van der Waals surface area contributed by atoms with E-state index >= 15 is 0 Å². The lowest BCUT2D eigenvalue weighted by atomic mass is 9.87. The Morgan fingerprint density at radius 1 is 0.137 bits per heavy atom. The van der Waals surface area contributed by atoms with Gasteiger partial charge in [-0.3, -0.25) is 0 Å². The van der Waals surface area contributed by atoms with Crippen molar-refractivity contribution in [1.82, 2.24) is 0 Å². The molecule has 0 bridgehead atoms. The number of para-hydroxylation sites is 2. The van der Waals surface area contributed by atoms with Crippen LogP contribution in [0.1, 0.15) is 128 Å². The minimum Gasteiger partial charge on any atom is -0.457 e. The Labute approximate surface area is 750 Å². The van der Waals surface area contributed by atoms with Crippen molar-refractivity contribution in [2.45, 2.75) is 191 Å². The maximum absolute atomic E-state index is 6.04. The highest BCUT2D eigenvalue weighted by molar-refractivity contribution is 7.98. The Morgan fingerprint density at radius 3 is 0.427 bits per heavy atom. The number of benzene rings is 16. The van der Waals surface area contributed by atoms with Crippen LogP contribution in [0.4, 0.5) is 0 Å². The molecule has 0 N–H and O–H groups in total. The highest BCUT2D eigenvalue weighted by Gasteiger charge is 2.34. The molecule has 0 aliphatic rings. The van der Waals surface area contributed by atoms with Crippen LogP contribution in [-0.2, 0) is 65.2 Å². The molecule has 0 aliphatic carbocycles. The Bertz CT molecular complexity index is 5830. The maximum Gasteiger partial charge on any atom is 0.166 e. The second kappa shape index (κ2) is 41.5. The molecule has 0 aromatic heterocycles. The lowest BCUT2D eigenvalue weighted by molar-refractivity contribution is 0.482. The van der Waals surface area contributed by atoms with Crippen molar-refractivity contribution >= 4 is 43.6 Å². The average molecular weight is 1700 g/mol. The van der Waals surface area contributed by atoms with Gasteiger partial charge in [0.1, 0.15) is 46.0 Å². The Morgan fingerprint density at radius 2 is 0.258 bits per heavy atom. The van der Waals surface area contributed by atoms with Crippen molar-refractivity contribution in [3.63, 3.8) is 0 Å². The molecule has 2 atom stereocenters. The van der Waals surface area contributed by atoms with Crippen LogP contribution in [0.5, 0.6) is 46.0 Å². The van der Waals surface area contributed by atoms with E-state index in [4.69, 9.17) is 18.9 Å². The summed E-state index contributed by atoms with van der Waals surface area (Å²) < 4.78 is 24.1. The first-order chi connectivity index (χ1) is 59.6. The molecule has 0 radical (unpaired) electrons. The van der Waals surface area contributed by atoms with E-state index in [1.807, 2.05) is 84.9 Å². The molecule has 0 spiro atoms. The first-order valence-corrected chi connectivity index (χ1v) is 47.5. The van der Waals surface area contributed by atoms with E-state index < -0.39 is 0 Å². The third-order valence-corrected chi connectivity index (χ3v) is 29.9. The first kappa shape index (κ1) is 89.9. The highest BCUT2D eigenvalue weighted by Crippen LogP contribution is 2.41. The highest BCUT2D eigenvalue weighted by atomic mass is 32.2. The van der Waals surface area contributed by atoms with Crippen LogP contribution < -0.4 is 18.9 Å². The fraction of sp³-hybridized carbons (Fsp3) is 0.172. The Hall–Kier alpha value is -11.9. The third-order valence-electron chi connectivity index (χ3n) is 21.0. The normalized spacial score (nSPS) is 12.0. The molecular weight excluding hydrogens is 1590 g/mol. The summed E-state index contributed by atoms with van der Waals surface area (Å²) in [7, 11) is -0.663. The summed E-state index contributed by atoms with van der Waals surface area (Å²) >= 11 is 0. The minimum absolute atomic E-state index is 0.141. The zero-order valence-corrected chi connectivity index (χ0v) is 77.8. The molecule has 4 nitrogen and oxygen atoms in total. The van der Waals surface area contributed by atoms with Crippen molar-refractivity contribution in [2.75, 3.05) is 0 Å². The van der Waals surface area contributed by atoms with Gasteiger partial charge in [0.2, 0.25) is 0 Å². The lowest BCUT2D eigenvalue weighted by Crippen LogP contribution is -2.13. The zero-order valence-electron chi connectivity index (χ0n) is 74.5. The summed E-state index contributed by atoms with van der Waals surface area (Å²) in [5.41, 5.74) is 11.0. The topological polar surface area (TPSA) is 36.9 Å². The molecule has 0 fully saturated rings. The SMILES string of the molecule is CC(C)(C)c1ccc([S+](c2ccc(Oc3ccccc3)cc2)c2ccc(C(C)(C)C)cc2)cc1.CC(C)(C)c1ccc([S+](c2ccccc2)c2ccc(Oc3ccccc3)cc2)cc1.Cc1ccc(Oc2ccc([S+](c3ccc(C)cc3)c3ccc(C)cc3)cc2)cc1.Cc1ccc(Oc2ccc([S+](c3ccccc3)c3ccc(C(C)(C)C)cc3)cc2)cc1. The molecule has 0 saturated carbocycles. The third kappa shape index (κ3) is 25.2. The van der Waals surface area contributed by atoms with Gasteiger partial charge in [0.25, 0.3) is 0 Å². The van der Waals surface area contributed by atoms with Gasteiger partial charge in [-0.1, -0.05) is 275 Å². The summed E-state index contributed by atoms with van der Waals surface area (Å²) in [5, 5.41) is 0. The van der Waals surface area contributed by atoms with Crippen LogP contribution in [0.2, 0.25) is 0 Å². The molecule has 0 heterocycles. The minimum atomic E-state index is -0.195. The molecule has 16 aromatic carbocycles. The molecule has 8 heteroatoms. The maximum atomic E-state index is 6.04. The van der Waals surface area contributed by atoms with E-state index in [-0.39, 0.29) is 65.2 Å². The molecule has 624 valence electrons. The molecule has 124 heavy (non-hydrogen) atoms. The number of hydrogen-bond acceptors (Lipinski definition) is 4. The van der Waals surface area contributed by atoms with E-state index in [9.17, 15) is 0 Å². The van der Waals surface area contributed by atoms with E-state index in [2.05, 4.69) is 438 Å². The van der Waals surface area contributed by atoms with Gasteiger partial charge in [-0.25, -0.2) is 0 Å². The number of hydrogen-bond donors (Lipinski definition) is 0. The van der Waals surface area contributed by atoms with E-state index in [0.717, 1.165) is 46.0 Å². The van der Waals surface area contributed by atoms with Gasteiger partial charge in [0.05, 0.1) is 43.6 Å². The molecular formula is C116H116O4S4+4. The van der Waals surface area contributed by atoms with E-state index in [1.165, 1.54) is 103 Å². The molecule has 0 saturated heterocycles. The van der Waals surface area contributed by atoms with Crippen LogP contribution >= 0.6 is 0 Å². The fourth-order valence-electron chi connectivity index (χ4n) is 13.8. The lowest BCUT2D eigenvalue weighted by Gasteiger charge is -2.20. The molecule has 2 unspecified atom stereocenters. The Balaban J connectivity index is 0.000000142. The van der Waals surface area contributed by atoms with Crippen molar-refractivity contribution in [3.8, 4) is 46.0 Å². The van der Waals surface area contributed by atoms with Crippen molar-refractivity contribution in [2.24, 2.45) is 0 Å². The largest absolute Gasteiger partial charge is 0.457 e. The van der Waals surface area contributed by atoms with Crippen molar-refractivity contribution < 1.29 is 18.9 Å². The number of aryl methyl sites for hydroxylation is 4. The van der Waals surface area contributed by atoms with Gasteiger partial charge in [-0.15, -0.1) is 0 Å². The van der Waals surface area contributed by atoms with Gasteiger partial charge in [-0.2, -0.15) is 0 Å². The smallest absolute Gasteiger partial charge is 0.166 e. The summed E-state index contributed by atoms with van der Waals surface area (Å²) in [4.78, 5) is 15.7. The molecule has 0 aliphatic heterocycles. The van der Waals surface area contributed by atoms with E-state index in [1.54, 1.807) is 0 Å². The predicted molar refractivity (Wildman–Crippen MR) is 526 cm³/mol. The van der Waals surface area contributed by atoms with E-state index in [0.29, 0.717) is 0 Å². The van der Waals surface area contributed by atoms with Crippen LogP contribution in [0.3, 0.4) is 0 Å². The van der Waals surface area contributed by atoms with Crippen molar-refractivity contribution in [3.05, 3.63) is 457 Å². The van der Waals surface area contributed by atoms with Gasteiger partial charge >= 0.3 is 0 Å². The van der Waals surface area contributed by atoms with Gasteiger partial charge in [0, 0.05) is 0 Å². The van der Waals surface area contributed by atoms with Crippen LogP contribution in [-0.4, -0.2) is 0 Å². The van der Waals surface area contributed by atoms with Crippen molar-refractivity contribution in [1.29, 1.82) is 0 Å². The zero-order chi connectivity index (χ0) is 87.4. The summed E-state index contributed by atoms with van der Waals surface area (Å²) in [6.45, 7) is 35.5. The second-order valence-corrected chi connectivity index (χ2v) is 43.2. The van der Waals surface area contributed by atoms with Crippen LogP contribution in [0, 0.1) is 27.7 Å². The fourth-order valence-corrected chi connectivity index (χ4v) is 22.0. The standard InChI is InChI=1S/C32H35OS.C29H29OS.C28H27OS.C27H25OS/c1-31(2,3)24-12-18-28(19-13-24)34(29-20-14-25(15-21-29)32(4,5)6)30-22-16-27(17-23-30)33-26-10-8-7-9-11-26;1-22-10-14-24(15-11-22)30-25-16-20-28(21-17-25)31(26-8-6-5-7-9-26)27-18-12-23(13-19-27)29(2,3)4;1-28(2,3)22-14-18-26(19-15-22)30(25-12-8-5-9-13-25)27-20-16-24(17-21-27)29-23-10-6-4-7-11-23;1-20-4-10-23(11-5-20)28-24-12-18-27(19-13-24)29(25-14-6-21(2)7-15-25)26-16-8-22(3)9-17-26/h7-23H,1-6H3;5-21H,1-4H3;4-21H,1-3H3;4-19H,1-3H3/q4*+1. The number of rotatable bonds is 20. The van der Waals surface area contributed by atoms with Gasteiger partial charge in [0.15, 0.2) is 58.7 Å². The monoisotopic (exact) mass is 1700 g/mol. The van der Waals surface area contributed by atoms with Gasteiger partial charge < -0.3 is 18.9 Å². The summed E-state index contributed by atoms with van der Waals surface area (Å²) in [6, 6.07) is 146. The van der Waals surface area contributed by atoms with Gasteiger partial charge in [-0.05, 0) is 314 Å². The number of ether oxygens (including phenoxy) is 4.